The van der Waals surface area contributed by atoms with Crippen molar-refractivity contribution >= 4 is 27.3 Å². The van der Waals surface area contributed by atoms with Crippen LogP contribution in [-0.4, -0.2) is 33.0 Å². The van der Waals surface area contributed by atoms with Crippen molar-refractivity contribution in [2.75, 3.05) is 13.6 Å². The van der Waals surface area contributed by atoms with Crippen molar-refractivity contribution in [2.24, 2.45) is 4.99 Å². The predicted octanol–water partition coefficient (Wildman–Crippen LogP) is 1.61. The van der Waals surface area contributed by atoms with Gasteiger partial charge in [-0.05, 0) is 38.6 Å². The molecule has 0 fully saturated rings. The van der Waals surface area contributed by atoms with E-state index in [1.807, 2.05) is 20.0 Å². The summed E-state index contributed by atoms with van der Waals surface area (Å²) < 4.78 is 25.7. The molecule has 1 heterocycles. The molecule has 7 nitrogen and oxygen atoms in total. The van der Waals surface area contributed by atoms with Crippen molar-refractivity contribution < 1.29 is 8.42 Å². The van der Waals surface area contributed by atoms with Gasteiger partial charge in [0.15, 0.2) is 5.96 Å². The van der Waals surface area contributed by atoms with Crippen LogP contribution in [0.15, 0.2) is 40.4 Å². The zero-order valence-corrected chi connectivity index (χ0v) is 16.2. The van der Waals surface area contributed by atoms with Crippen molar-refractivity contribution in [1.82, 2.24) is 20.3 Å². The molecule has 3 N–H and O–H groups in total. The van der Waals surface area contributed by atoms with Crippen molar-refractivity contribution in [3.05, 3.63) is 45.9 Å². The minimum absolute atomic E-state index is 0.243. The Hall–Kier alpha value is -1.97. The number of nitrogens with one attached hydrogen (secondary N) is 3. The maximum absolute atomic E-state index is 11.7. The first-order valence-electron chi connectivity index (χ1n) is 7.90. The molecular formula is C16H23N5O2S2. The Bertz CT molecular complexity index is 813. The standard InChI is InChI=1S/C16H23N5O2S2/c1-4-18-16(21-11-15-19-9-12(2)24-15)20-10-13-5-7-14(8-6-13)25(22,23)17-3/h5-9,17H,4,10-11H2,1-3H3,(H2,18,20,21). The monoisotopic (exact) mass is 381 g/mol. The quantitative estimate of drug-likeness (QED) is 0.500. The molecule has 1 aromatic heterocycles. The highest BCUT2D eigenvalue weighted by Gasteiger charge is 2.10. The van der Waals surface area contributed by atoms with Crippen LogP contribution in [0.4, 0.5) is 0 Å². The Morgan fingerprint density at radius 2 is 1.96 bits per heavy atom. The first-order chi connectivity index (χ1) is 11.9. The van der Waals surface area contributed by atoms with Gasteiger partial charge in [-0.3, -0.25) is 0 Å². The molecule has 2 aromatic rings. The molecule has 0 saturated carbocycles. The van der Waals surface area contributed by atoms with Gasteiger partial charge >= 0.3 is 0 Å². The summed E-state index contributed by atoms with van der Waals surface area (Å²) in [4.78, 5) is 10.3. The minimum atomic E-state index is -3.41. The van der Waals surface area contributed by atoms with Gasteiger partial charge < -0.3 is 10.6 Å². The van der Waals surface area contributed by atoms with Crippen molar-refractivity contribution in [3.8, 4) is 0 Å². The molecule has 0 aliphatic heterocycles. The molecule has 0 aliphatic carbocycles. The molecule has 0 aliphatic rings. The van der Waals surface area contributed by atoms with Crippen LogP contribution in [0.5, 0.6) is 0 Å². The van der Waals surface area contributed by atoms with Gasteiger partial charge in [-0.1, -0.05) is 12.1 Å². The SMILES string of the molecule is CCNC(=NCc1ccc(S(=O)(=O)NC)cc1)NCc1ncc(C)s1. The van der Waals surface area contributed by atoms with Crippen LogP contribution in [0.2, 0.25) is 0 Å². The lowest BCUT2D eigenvalue weighted by Crippen LogP contribution is -2.36. The first kappa shape index (κ1) is 19.4. The van der Waals surface area contributed by atoms with Crippen LogP contribution in [0.3, 0.4) is 0 Å². The predicted molar refractivity (Wildman–Crippen MR) is 101 cm³/mol. The maximum Gasteiger partial charge on any atom is 0.240 e. The molecule has 9 heteroatoms. The molecule has 136 valence electrons. The highest BCUT2D eigenvalue weighted by molar-refractivity contribution is 7.89. The van der Waals surface area contributed by atoms with E-state index in [1.54, 1.807) is 35.6 Å². The summed E-state index contributed by atoms with van der Waals surface area (Å²) in [5.74, 6) is 0.697. The minimum Gasteiger partial charge on any atom is -0.357 e. The third kappa shape index (κ3) is 5.80. The van der Waals surface area contributed by atoms with E-state index in [4.69, 9.17) is 0 Å². The smallest absolute Gasteiger partial charge is 0.240 e. The lowest BCUT2D eigenvalue weighted by Gasteiger charge is -2.10. The number of guanidine groups is 1. The van der Waals surface area contributed by atoms with Gasteiger partial charge in [0.25, 0.3) is 0 Å². The average molecular weight is 382 g/mol. The zero-order chi connectivity index (χ0) is 18.3. The fourth-order valence-corrected chi connectivity index (χ4v) is 3.50. The summed E-state index contributed by atoms with van der Waals surface area (Å²) >= 11 is 1.65. The van der Waals surface area contributed by atoms with Crippen LogP contribution >= 0.6 is 11.3 Å². The van der Waals surface area contributed by atoms with Gasteiger partial charge in [0.1, 0.15) is 5.01 Å². The number of hydrogen-bond acceptors (Lipinski definition) is 5. The van der Waals surface area contributed by atoms with Crippen LogP contribution in [0.1, 0.15) is 22.4 Å². The zero-order valence-electron chi connectivity index (χ0n) is 14.5. The summed E-state index contributed by atoms with van der Waals surface area (Å²) in [5, 5.41) is 7.44. The molecule has 0 spiro atoms. The number of aliphatic imine (C=N–C) groups is 1. The van der Waals surface area contributed by atoms with E-state index in [0.29, 0.717) is 19.0 Å². The lowest BCUT2D eigenvalue weighted by molar-refractivity contribution is 0.588. The van der Waals surface area contributed by atoms with E-state index in [-0.39, 0.29) is 4.90 Å². The number of aryl methyl sites for hydroxylation is 1. The molecule has 0 bridgehead atoms. The first-order valence-corrected chi connectivity index (χ1v) is 10.2. The second-order valence-electron chi connectivity index (χ2n) is 5.26. The summed E-state index contributed by atoms with van der Waals surface area (Å²) in [6.45, 7) is 5.85. The Morgan fingerprint density at radius 3 is 2.52 bits per heavy atom. The molecule has 0 radical (unpaired) electrons. The van der Waals surface area contributed by atoms with Gasteiger partial charge in [0.2, 0.25) is 10.0 Å². The molecule has 25 heavy (non-hydrogen) atoms. The van der Waals surface area contributed by atoms with Crippen LogP contribution in [0.25, 0.3) is 0 Å². The summed E-state index contributed by atoms with van der Waals surface area (Å²) in [6.07, 6.45) is 1.85. The summed E-state index contributed by atoms with van der Waals surface area (Å²) in [6, 6.07) is 6.69. The fraction of sp³-hybridized carbons (Fsp3) is 0.375. The van der Waals surface area contributed by atoms with E-state index in [2.05, 4.69) is 25.3 Å². The number of aromatic nitrogens is 1. The van der Waals surface area contributed by atoms with Crippen molar-refractivity contribution in [2.45, 2.75) is 31.8 Å². The van der Waals surface area contributed by atoms with Crippen molar-refractivity contribution in [3.63, 3.8) is 0 Å². The van der Waals surface area contributed by atoms with Gasteiger partial charge in [-0.2, -0.15) is 0 Å². The van der Waals surface area contributed by atoms with E-state index in [0.717, 1.165) is 17.1 Å². The summed E-state index contributed by atoms with van der Waals surface area (Å²) in [5.41, 5.74) is 0.928. The van der Waals surface area contributed by atoms with Crippen LogP contribution in [-0.2, 0) is 23.1 Å². The Balaban J connectivity index is 2.00. The lowest BCUT2D eigenvalue weighted by atomic mass is 10.2. The van der Waals surface area contributed by atoms with E-state index >= 15 is 0 Å². The maximum atomic E-state index is 11.7. The van der Waals surface area contributed by atoms with Gasteiger partial charge in [-0.25, -0.2) is 23.1 Å². The average Bonchev–Trinajstić information content (AvgIpc) is 3.03. The van der Waals surface area contributed by atoms with Gasteiger partial charge in [0, 0.05) is 17.6 Å². The molecule has 0 atom stereocenters. The number of sulfonamides is 1. The number of thiazole rings is 1. The second-order valence-corrected chi connectivity index (χ2v) is 8.47. The Morgan fingerprint density at radius 1 is 1.24 bits per heavy atom. The van der Waals surface area contributed by atoms with Crippen molar-refractivity contribution in [1.29, 1.82) is 0 Å². The Kier molecular flexibility index (Phi) is 6.91. The number of rotatable bonds is 7. The highest BCUT2D eigenvalue weighted by atomic mass is 32.2. The van der Waals surface area contributed by atoms with Gasteiger partial charge in [0.05, 0.1) is 18.0 Å². The summed E-state index contributed by atoms with van der Waals surface area (Å²) in [7, 11) is -2.01. The number of benzene rings is 1. The Labute approximate surface area is 152 Å². The third-order valence-corrected chi connectivity index (χ3v) is 5.69. The topological polar surface area (TPSA) is 95.5 Å². The van der Waals surface area contributed by atoms with Gasteiger partial charge in [-0.15, -0.1) is 11.3 Å². The second kappa shape index (κ2) is 8.93. The molecule has 0 amide bonds. The normalized spacial score (nSPS) is 12.2. The van der Waals surface area contributed by atoms with Crippen LogP contribution < -0.4 is 15.4 Å². The molecule has 1 aromatic carbocycles. The molecular weight excluding hydrogens is 358 g/mol. The highest BCUT2D eigenvalue weighted by Crippen LogP contribution is 2.11. The van der Waals surface area contributed by atoms with E-state index in [1.165, 1.54) is 11.9 Å². The molecule has 2 rings (SSSR count). The number of nitrogens with zero attached hydrogens (tertiary/aromatic N) is 2. The fourth-order valence-electron chi connectivity index (χ4n) is 2.05. The largest absolute Gasteiger partial charge is 0.357 e. The molecule has 0 saturated heterocycles. The number of hydrogen-bond donors (Lipinski definition) is 3. The van der Waals surface area contributed by atoms with E-state index < -0.39 is 10.0 Å². The third-order valence-electron chi connectivity index (χ3n) is 3.34. The van der Waals surface area contributed by atoms with E-state index in [9.17, 15) is 8.42 Å². The van der Waals surface area contributed by atoms with Crippen LogP contribution in [0, 0.1) is 6.92 Å². The molecule has 0 unspecified atom stereocenters.